The smallest absolute Gasteiger partial charge is 0.339 e. The van der Waals surface area contributed by atoms with Crippen LogP contribution in [-0.2, 0) is 21.0 Å². The van der Waals surface area contributed by atoms with Crippen molar-refractivity contribution in [3.05, 3.63) is 52.8 Å². The third-order valence-electron chi connectivity index (χ3n) is 3.93. The number of carboxylic acid groups (broad SMARTS) is 1. The number of hydrogen-bond acceptors (Lipinski definition) is 5. The lowest BCUT2D eigenvalue weighted by Gasteiger charge is -2.24. The number of aromatic carboxylic acids is 1. The highest BCUT2D eigenvalue weighted by Gasteiger charge is 2.30. The maximum absolute atomic E-state index is 12.9. The van der Waals surface area contributed by atoms with Crippen molar-refractivity contribution in [1.29, 1.82) is 0 Å². The molecule has 2 rings (SSSR count). The molecule has 0 saturated heterocycles. The quantitative estimate of drug-likeness (QED) is 0.865. The number of sulfone groups is 1. The lowest BCUT2D eigenvalue weighted by Crippen LogP contribution is -2.18. The Balaban J connectivity index is 2.72. The third kappa shape index (κ3) is 3.82. The first kappa shape index (κ1) is 18.9. The molecule has 0 unspecified atom stereocenters. The van der Waals surface area contributed by atoms with Crippen LogP contribution in [0.15, 0.2) is 35.4 Å². The molecule has 2 N–H and O–H groups in total. The summed E-state index contributed by atoms with van der Waals surface area (Å²) in [5.74, 6) is -2.10. The molecular weight excluding hydrogens is 342 g/mol. The first-order valence-electron chi connectivity index (χ1n) is 7.68. The monoisotopic (exact) mass is 363 g/mol. The molecule has 1 heterocycles. The van der Waals surface area contributed by atoms with Gasteiger partial charge in [0, 0.05) is 11.8 Å². The van der Waals surface area contributed by atoms with E-state index in [0.29, 0.717) is 5.69 Å². The molecule has 25 heavy (non-hydrogen) atoms. The van der Waals surface area contributed by atoms with E-state index in [-0.39, 0.29) is 27.3 Å². The summed E-state index contributed by atoms with van der Waals surface area (Å²) in [6.07, 6.45) is 1.50. The van der Waals surface area contributed by atoms with E-state index in [1.807, 2.05) is 0 Å². The zero-order chi connectivity index (χ0) is 19.0. The average Bonchev–Trinajstić information content (AvgIpc) is 2.45. The van der Waals surface area contributed by atoms with E-state index in [1.54, 1.807) is 39.0 Å². The Bertz CT molecular complexity index is 913. The highest BCUT2D eigenvalue weighted by molar-refractivity contribution is 7.90. The molecule has 1 aromatic heterocycles. The van der Waals surface area contributed by atoms with Crippen LogP contribution in [0.25, 0.3) is 0 Å². The number of pyridine rings is 1. The second kappa shape index (κ2) is 6.48. The first-order chi connectivity index (χ1) is 11.4. The van der Waals surface area contributed by atoms with E-state index < -0.39 is 27.0 Å². The topological polar surface area (TPSA) is 105 Å². The van der Waals surface area contributed by atoms with Crippen LogP contribution in [0.1, 0.15) is 48.0 Å². The van der Waals surface area contributed by atoms with Crippen LogP contribution in [0.3, 0.4) is 0 Å². The minimum atomic E-state index is -3.84. The van der Waals surface area contributed by atoms with Crippen molar-refractivity contribution in [1.82, 2.24) is 4.98 Å². The summed E-state index contributed by atoms with van der Waals surface area (Å²) in [4.78, 5) is 15.5. The molecule has 0 spiro atoms. The fraction of sp³-hybridized carbons (Fsp3) is 0.333. The Morgan fingerprint density at radius 2 is 1.88 bits per heavy atom. The molecule has 2 aromatic rings. The molecule has 1 aromatic carbocycles. The summed E-state index contributed by atoms with van der Waals surface area (Å²) in [7, 11) is -3.84. The maximum Gasteiger partial charge on any atom is 0.339 e. The maximum atomic E-state index is 12.9. The summed E-state index contributed by atoms with van der Waals surface area (Å²) < 4.78 is 25.7. The summed E-state index contributed by atoms with van der Waals surface area (Å²) in [6.45, 7) is 6.72. The van der Waals surface area contributed by atoms with Gasteiger partial charge >= 0.3 is 5.97 Å². The van der Waals surface area contributed by atoms with Gasteiger partial charge in [-0.15, -0.1) is 0 Å². The van der Waals surface area contributed by atoms with Crippen molar-refractivity contribution >= 4 is 15.8 Å². The number of rotatable bonds is 4. The van der Waals surface area contributed by atoms with Crippen molar-refractivity contribution in [2.24, 2.45) is 0 Å². The van der Waals surface area contributed by atoms with E-state index in [9.17, 15) is 23.4 Å². The van der Waals surface area contributed by atoms with Gasteiger partial charge in [0.1, 0.15) is 11.3 Å². The molecule has 7 heteroatoms. The summed E-state index contributed by atoms with van der Waals surface area (Å²) >= 11 is 0. The number of nitrogens with zero attached hydrogens (tertiary/aromatic N) is 1. The van der Waals surface area contributed by atoms with E-state index >= 15 is 0 Å². The van der Waals surface area contributed by atoms with Crippen LogP contribution in [0.2, 0.25) is 0 Å². The normalized spacial score (nSPS) is 12.2. The molecule has 0 atom stereocenters. The fourth-order valence-electron chi connectivity index (χ4n) is 2.66. The number of carbonyl (C=O) groups is 1. The van der Waals surface area contributed by atoms with E-state index in [4.69, 9.17) is 0 Å². The number of carboxylic acids is 1. The van der Waals surface area contributed by atoms with Crippen LogP contribution in [0.4, 0.5) is 0 Å². The van der Waals surface area contributed by atoms with Gasteiger partial charge < -0.3 is 10.2 Å². The fourth-order valence-corrected chi connectivity index (χ4v) is 4.24. The van der Waals surface area contributed by atoms with Crippen molar-refractivity contribution in [2.75, 3.05) is 0 Å². The number of hydrogen-bond donors (Lipinski definition) is 2. The van der Waals surface area contributed by atoms with Gasteiger partial charge in [-0.2, -0.15) is 0 Å². The van der Waals surface area contributed by atoms with Gasteiger partial charge in [-0.25, -0.2) is 13.2 Å². The van der Waals surface area contributed by atoms with Gasteiger partial charge in [0.05, 0.1) is 16.3 Å². The largest absolute Gasteiger partial charge is 0.507 e. The predicted octanol–water partition coefficient (Wildman–Crippen LogP) is 3.07. The zero-order valence-electron chi connectivity index (χ0n) is 14.6. The lowest BCUT2D eigenvalue weighted by atomic mass is 9.84. The molecule has 0 aliphatic rings. The summed E-state index contributed by atoms with van der Waals surface area (Å²) in [6, 6.07) is 6.33. The Labute approximate surface area is 147 Å². The SMILES string of the molecule is Cc1c(S(=O)(=O)Cc2ccccn2)cc(C(C)(C)C)c(O)c1C(=O)O. The molecule has 6 nitrogen and oxygen atoms in total. The van der Waals surface area contributed by atoms with Crippen molar-refractivity contribution in [3.8, 4) is 5.75 Å². The lowest BCUT2D eigenvalue weighted by molar-refractivity contribution is 0.0692. The highest BCUT2D eigenvalue weighted by Crippen LogP contribution is 2.38. The van der Waals surface area contributed by atoms with Gasteiger partial charge in [-0.05, 0) is 36.1 Å². The van der Waals surface area contributed by atoms with Gasteiger partial charge in [0.2, 0.25) is 0 Å². The van der Waals surface area contributed by atoms with E-state index in [1.165, 1.54) is 19.2 Å². The van der Waals surface area contributed by atoms with E-state index in [0.717, 1.165) is 0 Å². The summed E-state index contributed by atoms with van der Waals surface area (Å²) in [5, 5.41) is 19.8. The van der Waals surface area contributed by atoms with E-state index in [2.05, 4.69) is 4.98 Å². The highest BCUT2D eigenvalue weighted by atomic mass is 32.2. The minimum Gasteiger partial charge on any atom is -0.507 e. The Morgan fingerprint density at radius 3 is 2.36 bits per heavy atom. The molecule has 134 valence electrons. The predicted molar refractivity (Wildman–Crippen MR) is 93.6 cm³/mol. The Kier molecular flexibility index (Phi) is 4.90. The standard InChI is InChI=1S/C18H21NO5S/c1-11-14(25(23,24)10-12-7-5-6-8-19-12)9-13(18(2,3)4)16(20)15(11)17(21)22/h5-9,20H,10H2,1-4H3,(H,21,22). The molecule has 0 amide bonds. The average molecular weight is 363 g/mol. The molecular formula is C18H21NO5S. The Morgan fingerprint density at radius 1 is 1.24 bits per heavy atom. The van der Waals surface area contributed by atoms with Gasteiger partial charge in [0.25, 0.3) is 0 Å². The van der Waals surface area contributed by atoms with Crippen LogP contribution < -0.4 is 0 Å². The van der Waals surface area contributed by atoms with Crippen molar-refractivity contribution in [2.45, 2.75) is 43.8 Å². The number of benzene rings is 1. The third-order valence-corrected chi connectivity index (χ3v) is 5.70. The van der Waals surface area contributed by atoms with Gasteiger partial charge in [-0.1, -0.05) is 26.8 Å². The first-order valence-corrected chi connectivity index (χ1v) is 9.33. The number of aromatic nitrogens is 1. The van der Waals surface area contributed by atoms with Crippen LogP contribution in [0.5, 0.6) is 5.75 Å². The van der Waals surface area contributed by atoms with Gasteiger partial charge in [0.15, 0.2) is 9.84 Å². The number of phenols is 1. The van der Waals surface area contributed by atoms with Crippen molar-refractivity contribution in [3.63, 3.8) is 0 Å². The Hall–Kier alpha value is -2.41. The second-order valence-corrected chi connectivity index (χ2v) is 8.86. The summed E-state index contributed by atoms with van der Waals surface area (Å²) in [5.41, 5.74) is -0.350. The molecule has 0 aliphatic carbocycles. The molecule has 0 fully saturated rings. The van der Waals surface area contributed by atoms with Crippen LogP contribution >= 0.6 is 0 Å². The minimum absolute atomic E-state index is 0.0222. The second-order valence-electron chi connectivity index (χ2n) is 6.91. The molecule has 0 bridgehead atoms. The number of aromatic hydroxyl groups is 1. The molecule has 0 radical (unpaired) electrons. The zero-order valence-corrected chi connectivity index (χ0v) is 15.4. The van der Waals surface area contributed by atoms with Crippen LogP contribution in [-0.4, -0.2) is 29.6 Å². The van der Waals surface area contributed by atoms with Gasteiger partial charge in [-0.3, -0.25) is 4.98 Å². The molecule has 0 aliphatic heterocycles. The molecule has 0 saturated carbocycles. The van der Waals surface area contributed by atoms with Crippen LogP contribution in [0, 0.1) is 6.92 Å². The van der Waals surface area contributed by atoms with Crippen molar-refractivity contribution < 1.29 is 23.4 Å².